The lowest BCUT2D eigenvalue weighted by atomic mass is 9.99. The molecule has 2 nitrogen and oxygen atoms in total. The maximum absolute atomic E-state index is 5.54. The third kappa shape index (κ3) is 4.21. The molecule has 0 aliphatic heterocycles. The van der Waals surface area contributed by atoms with Gasteiger partial charge in [-0.1, -0.05) is 37.9 Å². The second-order valence-corrected chi connectivity index (χ2v) is 7.46. The lowest BCUT2D eigenvalue weighted by Crippen LogP contribution is -2.18. The number of halogens is 3. The van der Waals surface area contributed by atoms with Gasteiger partial charge in [0.15, 0.2) is 0 Å². The molecule has 2 rings (SSSR count). The number of hydrogen-bond acceptors (Lipinski definition) is 2. The Kier molecular flexibility index (Phi) is 6.52. The maximum atomic E-state index is 5.54. The fourth-order valence-electron chi connectivity index (χ4n) is 2.21. The molecule has 112 valence electrons. The highest BCUT2D eigenvalue weighted by Gasteiger charge is 2.18. The van der Waals surface area contributed by atoms with Gasteiger partial charge in [0.25, 0.3) is 0 Å². The van der Waals surface area contributed by atoms with E-state index in [1.807, 2.05) is 26.1 Å². The van der Waals surface area contributed by atoms with Gasteiger partial charge in [-0.3, -0.25) is 0 Å². The normalized spacial score (nSPS) is 12.2. The minimum atomic E-state index is 0.110. The van der Waals surface area contributed by atoms with Gasteiger partial charge in [0.05, 0.1) is 12.6 Å². The Hall–Kier alpha value is -0.110. The Bertz CT molecular complexity index is 634. The van der Waals surface area contributed by atoms with E-state index in [2.05, 4.69) is 84.0 Å². The Morgan fingerprint density at radius 1 is 1.10 bits per heavy atom. The van der Waals surface area contributed by atoms with E-state index in [1.54, 1.807) is 0 Å². The fraction of sp³-hybridized carbons (Fsp3) is 0.250. The summed E-state index contributed by atoms with van der Waals surface area (Å²) in [5.41, 5.74) is 2.40. The van der Waals surface area contributed by atoms with Gasteiger partial charge < -0.3 is 10.1 Å². The predicted molar refractivity (Wildman–Crippen MR) is 103 cm³/mol. The summed E-state index contributed by atoms with van der Waals surface area (Å²) >= 11 is 9.65. The van der Waals surface area contributed by atoms with Crippen LogP contribution in [0.5, 0.6) is 5.75 Å². The van der Waals surface area contributed by atoms with Gasteiger partial charge in [0.1, 0.15) is 5.75 Å². The Morgan fingerprint density at radius 3 is 2.48 bits per heavy atom. The van der Waals surface area contributed by atoms with Crippen LogP contribution in [0.3, 0.4) is 0 Å². The maximum Gasteiger partial charge on any atom is 0.120 e. The summed E-state index contributed by atoms with van der Waals surface area (Å²) in [6, 6.07) is 12.6. The summed E-state index contributed by atoms with van der Waals surface area (Å²) in [6.45, 7) is 2.66. The molecule has 5 heteroatoms. The first kappa shape index (κ1) is 17.2. The van der Waals surface area contributed by atoms with Crippen molar-refractivity contribution in [2.45, 2.75) is 13.0 Å². The molecule has 0 saturated heterocycles. The third-order valence-corrected chi connectivity index (χ3v) is 5.23. The monoisotopic (exact) mass is 523 g/mol. The molecule has 1 atom stereocenters. The van der Waals surface area contributed by atoms with Gasteiger partial charge in [-0.25, -0.2) is 0 Å². The van der Waals surface area contributed by atoms with Crippen molar-refractivity contribution in [3.8, 4) is 5.75 Å². The van der Waals surface area contributed by atoms with E-state index >= 15 is 0 Å². The molecule has 0 aliphatic rings. The summed E-state index contributed by atoms with van der Waals surface area (Å²) in [7, 11) is 1.97. The van der Waals surface area contributed by atoms with Crippen molar-refractivity contribution in [2.24, 2.45) is 0 Å². The summed E-state index contributed by atoms with van der Waals surface area (Å²) in [4.78, 5) is 0. The number of ether oxygens (including phenoxy) is 1. The van der Waals surface area contributed by atoms with Gasteiger partial charge in [-0.2, -0.15) is 0 Å². The molecule has 0 aromatic heterocycles. The highest BCUT2D eigenvalue weighted by Crippen LogP contribution is 2.35. The zero-order valence-corrected chi connectivity index (χ0v) is 17.1. The Morgan fingerprint density at radius 2 is 1.86 bits per heavy atom. The Balaban J connectivity index is 2.44. The van der Waals surface area contributed by atoms with E-state index in [-0.39, 0.29) is 6.04 Å². The minimum Gasteiger partial charge on any atom is -0.494 e. The summed E-state index contributed by atoms with van der Waals surface area (Å²) in [5.74, 6) is 0.879. The molecule has 0 radical (unpaired) electrons. The van der Waals surface area contributed by atoms with E-state index in [4.69, 9.17) is 4.74 Å². The molecular formula is C16H16Br2INO. The van der Waals surface area contributed by atoms with Crippen molar-refractivity contribution < 1.29 is 4.74 Å². The fourth-order valence-corrected chi connectivity index (χ4v) is 3.79. The van der Waals surface area contributed by atoms with Crippen molar-refractivity contribution in [3.05, 3.63) is 60.0 Å². The SMILES string of the molecule is CCOc1ccc(C(NC)c2cc(I)ccc2Br)c(Br)c1. The molecule has 2 aromatic rings. The van der Waals surface area contributed by atoms with Crippen LogP contribution in [0.1, 0.15) is 24.1 Å². The zero-order valence-electron chi connectivity index (χ0n) is 11.8. The number of hydrogen-bond donors (Lipinski definition) is 1. The first-order valence-electron chi connectivity index (χ1n) is 6.61. The smallest absolute Gasteiger partial charge is 0.120 e. The van der Waals surface area contributed by atoms with E-state index in [0.717, 1.165) is 14.7 Å². The Labute approximate surface area is 156 Å². The largest absolute Gasteiger partial charge is 0.494 e. The van der Waals surface area contributed by atoms with E-state index < -0.39 is 0 Å². The van der Waals surface area contributed by atoms with Gasteiger partial charge in [-0.05, 0) is 78.0 Å². The molecule has 0 heterocycles. The summed E-state index contributed by atoms with van der Waals surface area (Å²) in [6.07, 6.45) is 0. The van der Waals surface area contributed by atoms with Crippen LogP contribution in [0, 0.1) is 3.57 Å². The van der Waals surface area contributed by atoms with Crippen molar-refractivity contribution >= 4 is 54.5 Å². The number of rotatable bonds is 5. The lowest BCUT2D eigenvalue weighted by molar-refractivity contribution is 0.340. The van der Waals surface area contributed by atoms with Crippen molar-refractivity contribution in [3.63, 3.8) is 0 Å². The summed E-state index contributed by atoms with van der Waals surface area (Å²) < 4.78 is 8.90. The minimum absolute atomic E-state index is 0.110. The highest BCUT2D eigenvalue weighted by atomic mass is 127. The second kappa shape index (κ2) is 7.94. The average molecular weight is 525 g/mol. The molecule has 21 heavy (non-hydrogen) atoms. The molecule has 0 fully saturated rings. The van der Waals surface area contributed by atoms with Crippen molar-refractivity contribution in [1.29, 1.82) is 0 Å². The zero-order chi connectivity index (χ0) is 15.4. The first-order chi connectivity index (χ1) is 10.1. The predicted octanol–water partition coefficient (Wildman–Crippen LogP) is 5.52. The quantitative estimate of drug-likeness (QED) is 0.520. The molecular weight excluding hydrogens is 509 g/mol. The van der Waals surface area contributed by atoms with Gasteiger partial charge in [0.2, 0.25) is 0 Å². The topological polar surface area (TPSA) is 21.3 Å². The standard InChI is InChI=1S/C16H16Br2INO/c1-3-21-11-5-6-12(15(18)9-11)16(20-2)13-8-10(19)4-7-14(13)17/h4-9,16,20H,3H2,1-2H3. The van der Waals surface area contributed by atoms with Crippen molar-refractivity contribution in [2.75, 3.05) is 13.7 Å². The van der Waals surface area contributed by atoms with Crippen LogP contribution < -0.4 is 10.1 Å². The lowest BCUT2D eigenvalue weighted by Gasteiger charge is -2.21. The second-order valence-electron chi connectivity index (χ2n) is 4.50. The van der Waals surface area contributed by atoms with Gasteiger partial charge in [0, 0.05) is 12.5 Å². The molecule has 0 aliphatic carbocycles. The van der Waals surface area contributed by atoms with Crippen LogP contribution in [-0.4, -0.2) is 13.7 Å². The van der Waals surface area contributed by atoms with E-state index in [0.29, 0.717) is 6.61 Å². The number of nitrogens with one attached hydrogen (secondary N) is 1. The van der Waals surface area contributed by atoms with Gasteiger partial charge >= 0.3 is 0 Å². The van der Waals surface area contributed by atoms with Crippen molar-refractivity contribution in [1.82, 2.24) is 5.32 Å². The third-order valence-electron chi connectivity index (χ3n) is 3.15. The van der Waals surface area contributed by atoms with Gasteiger partial charge in [-0.15, -0.1) is 0 Å². The van der Waals surface area contributed by atoms with Crippen LogP contribution in [0.4, 0.5) is 0 Å². The molecule has 0 saturated carbocycles. The van der Waals surface area contributed by atoms with Crippen LogP contribution in [0.2, 0.25) is 0 Å². The molecule has 0 spiro atoms. The first-order valence-corrected chi connectivity index (χ1v) is 9.27. The van der Waals surface area contributed by atoms with Crippen LogP contribution in [0.15, 0.2) is 45.3 Å². The van der Waals surface area contributed by atoms with E-state index in [9.17, 15) is 0 Å². The molecule has 0 bridgehead atoms. The summed E-state index contributed by atoms with van der Waals surface area (Å²) in [5, 5.41) is 3.39. The number of benzene rings is 2. The molecule has 0 amide bonds. The highest BCUT2D eigenvalue weighted by molar-refractivity contribution is 14.1. The van der Waals surface area contributed by atoms with Crippen LogP contribution in [0.25, 0.3) is 0 Å². The van der Waals surface area contributed by atoms with Crippen LogP contribution in [-0.2, 0) is 0 Å². The average Bonchev–Trinajstić information content (AvgIpc) is 2.46. The molecule has 1 N–H and O–H groups in total. The molecule has 1 unspecified atom stereocenters. The molecule has 2 aromatic carbocycles. The van der Waals surface area contributed by atoms with Crippen LogP contribution >= 0.6 is 54.5 Å². The van der Waals surface area contributed by atoms with E-state index in [1.165, 1.54) is 14.7 Å².